The average molecular weight is 209 g/mol. The fraction of sp³-hybridized carbons (Fsp3) is 0.364. The second-order valence-corrected chi connectivity index (χ2v) is 3.29. The quantitative estimate of drug-likeness (QED) is 0.822. The van der Waals surface area contributed by atoms with Crippen molar-refractivity contribution in [2.45, 2.75) is 6.92 Å². The highest BCUT2D eigenvalue weighted by molar-refractivity contribution is 5.93. The largest absolute Gasteiger partial charge is 0.491 e. The SMILES string of the molecule is CCOc1c(C(=O)O)cccc1N(C)C. The maximum Gasteiger partial charge on any atom is 0.339 e. The number of aromatic carboxylic acids is 1. The van der Waals surface area contributed by atoms with Crippen LogP contribution in [0.3, 0.4) is 0 Å². The number of anilines is 1. The van der Waals surface area contributed by atoms with E-state index in [2.05, 4.69) is 0 Å². The van der Waals surface area contributed by atoms with Crippen LogP contribution in [0.1, 0.15) is 17.3 Å². The van der Waals surface area contributed by atoms with Crippen molar-refractivity contribution in [3.63, 3.8) is 0 Å². The first-order valence-corrected chi connectivity index (χ1v) is 4.74. The number of carboxylic acids is 1. The summed E-state index contributed by atoms with van der Waals surface area (Å²) in [6.45, 7) is 2.28. The smallest absolute Gasteiger partial charge is 0.339 e. The maximum atomic E-state index is 11.0. The van der Waals surface area contributed by atoms with Crippen LogP contribution in [-0.4, -0.2) is 31.8 Å². The molecule has 0 heterocycles. The predicted molar refractivity (Wildman–Crippen MR) is 58.9 cm³/mol. The Hall–Kier alpha value is -1.71. The molecule has 0 saturated carbocycles. The number of rotatable bonds is 4. The number of carbonyl (C=O) groups is 1. The van der Waals surface area contributed by atoms with Gasteiger partial charge in [0.2, 0.25) is 0 Å². The molecule has 0 saturated heterocycles. The lowest BCUT2D eigenvalue weighted by molar-refractivity contribution is 0.0692. The van der Waals surface area contributed by atoms with Gasteiger partial charge in [0.15, 0.2) is 5.75 Å². The Morgan fingerprint density at radius 1 is 1.47 bits per heavy atom. The number of carboxylic acid groups (broad SMARTS) is 1. The molecular formula is C11H15NO3. The summed E-state index contributed by atoms with van der Waals surface area (Å²) in [6, 6.07) is 5.08. The molecule has 15 heavy (non-hydrogen) atoms. The maximum absolute atomic E-state index is 11.0. The van der Waals surface area contributed by atoms with Gasteiger partial charge >= 0.3 is 5.97 Å². The van der Waals surface area contributed by atoms with Gasteiger partial charge < -0.3 is 14.7 Å². The van der Waals surface area contributed by atoms with E-state index in [1.165, 1.54) is 0 Å². The number of hydrogen-bond donors (Lipinski definition) is 1. The number of benzene rings is 1. The number of nitrogens with zero attached hydrogens (tertiary/aromatic N) is 1. The summed E-state index contributed by atoms with van der Waals surface area (Å²) >= 11 is 0. The third-order valence-electron chi connectivity index (χ3n) is 2.00. The molecule has 82 valence electrons. The Morgan fingerprint density at radius 2 is 2.13 bits per heavy atom. The second kappa shape index (κ2) is 4.68. The standard InChI is InChI=1S/C11H15NO3/c1-4-15-10-8(11(13)14)6-5-7-9(10)12(2)3/h5-7H,4H2,1-3H3,(H,13,14). The van der Waals surface area contributed by atoms with E-state index in [4.69, 9.17) is 9.84 Å². The zero-order valence-electron chi connectivity index (χ0n) is 9.15. The summed E-state index contributed by atoms with van der Waals surface area (Å²) in [6.07, 6.45) is 0. The molecule has 1 aromatic carbocycles. The van der Waals surface area contributed by atoms with E-state index in [0.29, 0.717) is 12.4 Å². The van der Waals surface area contributed by atoms with Crippen LogP contribution in [0.4, 0.5) is 5.69 Å². The van der Waals surface area contributed by atoms with Crippen LogP contribution >= 0.6 is 0 Å². The van der Waals surface area contributed by atoms with Gasteiger partial charge in [0.25, 0.3) is 0 Å². The van der Waals surface area contributed by atoms with Crippen molar-refractivity contribution >= 4 is 11.7 Å². The van der Waals surface area contributed by atoms with E-state index in [-0.39, 0.29) is 5.56 Å². The van der Waals surface area contributed by atoms with E-state index in [1.54, 1.807) is 12.1 Å². The fourth-order valence-corrected chi connectivity index (χ4v) is 1.34. The van der Waals surface area contributed by atoms with Gasteiger partial charge in [-0.25, -0.2) is 4.79 Å². The molecule has 0 atom stereocenters. The molecule has 0 aliphatic heterocycles. The Kier molecular flexibility index (Phi) is 3.55. The summed E-state index contributed by atoms with van der Waals surface area (Å²) < 4.78 is 5.37. The molecule has 1 aromatic rings. The first kappa shape index (κ1) is 11.4. The lowest BCUT2D eigenvalue weighted by Gasteiger charge is -2.18. The van der Waals surface area contributed by atoms with Gasteiger partial charge in [0.05, 0.1) is 12.3 Å². The van der Waals surface area contributed by atoms with Gasteiger partial charge in [-0.1, -0.05) is 6.07 Å². The van der Waals surface area contributed by atoms with Crippen molar-refractivity contribution < 1.29 is 14.6 Å². The van der Waals surface area contributed by atoms with Crippen molar-refractivity contribution in [1.82, 2.24) is 0 Å². The third kappa shape index (κ3) is 2.40. The number of hydrogen-bond acceptors (Lipinski definition) is 3. The normalized spacial score (nSPS) is 9.80. The summed E-state index contributed by atoms with van der Waals surface area (Å²) in [5.41, 5.74) is 0.972. The summed E-state index contributed by atoms with van der Waals surface area (Å²) in [5.74, 6) is -0.542. The van der Waals surface area contributed by atoms with Gasteiger partial charge in [-0.3, -0.25) is 0 Å². The number of para-hydroxylation sites is 1. The molecule has 1 N–H and O–H groups in total. The van der Waals surface area contributed by atoms with Crippen molar-refractivity contribution in [3.8, 4) is 5.75 Å². The highest BCUT2D eigenvalue weighted by Gasteiger charge is 2.15. The van der Waals surface area contributed by atoms with Crippen LogP contribution in [0, 0.1) is 0 Å². The lowest BCUT2D eigenvalue weighted by Crippen LogP contribution is -2.13. The first-order chi connectivity index (χ1) is 7.07. The summed E-state index contributed by atoms with van der Waals surface area (Å²) in [5, 5.41) is 9.00. The van der Waals surface area contributed by atoms with E-state index >= 15 is 0 Å². The molecule has 4 heteroatoms. The monoisotopic (exact) mass is 209 g/mol. The molecule has 0 spiro atoms. The van der Waals surface area contributed by atoms with Crippen LogP contribution in [-0.2, 0) is 0 Å². The van der Waals surface area contributed by atoms with Crippen molar-refractivity contribution in [2.75, 3.05) is 25.6 Å². The van der Waals surface area contributed by atoms with Crippen molar-refractivity contribution in [1.29, 1.82) is 0 Å². The highest BCUT2D eigenvalue weighted by Crippen LogP contribution is 2.30. The van der Waals surface area contributed by atoms with Crippen molar-refractivity contribution in [2.24, 2.45) is 0 Å². The average Bonchev–Trinajstić information content (AvgIpc) is 2.17. The summed E-state index contributed by atoms with van der Waals surface area (Å²) in [7, 11) is 3.70. The van der Waals surface area contributed by atoms with E-state index in [0.717, 1.165) is 5.69 Å². The third-order valence-corrected chi connectivity index (χ3v) is 2.00. The molecule has 0 amide bonds. The molecule has 1 rings (SSSR count). The van der Waals surface area contributed by atoms with Crippen LogP contribution in [0.25, 0.3) is 0 Å². The van der Waals surface area contributed by atoms with E-state index in [1.807, 2.05) is 32.0 Å². The first-order valence-electron chi connectivity index (χ1n) is 4.74. The zero-order chi connectivity index (χ0) is 11.4. The zero-order valence-corrected chi connectivity index (χ0v) is 9.15. The van der Waals surface area contributed by atoms with Gasteiger partial charge in [-0.05, 0) is 19.1 Å². The fourth-order valence-electron chi connectivity index (χ4n) is 1.34. The topological polar surface area (TPSA) is 49.8 Å². The number of ether oxygens (including phenoxy) is 1. The lowest BCUT2D eigenvalue weighted by atomic mass is 10.1. The molecular weight excluding hydrogens is 194 g/mol. The second-order valence-electron chi connectivity index (χ2n) is 3.29. The molecule has 0 aliphatic carbocycles. The van der Waals surface area contributed by atoms with Crippen LogP contribution < -0.4 is 9.64 Å². The predicted octanol–water partition coefficient (Wildman–Crippen LogP) is 1.85. The molecule has 0 fully saturated rings. The van der Waals surface area contributed by atoms with Crippen LogP contribution in [0.5, 0.6) is 5.75 Å². The minimum atomic E-state index is -0.970. The van der Waals surface area contributed by atoms with Gasteiger partial charge in [0, 0.05) is 14.1 Å². The minimum absolute atomic E-state index is 0.197. The van der Waals surface area contributed by atoms with E-state index < -0.39 is 5.97 Å². The van der Waals surface area contributed by atoms with Gasteiger partial charge in [-0.2, -0.15) is 0 Å². The Bertz CT molecular complexity index is 361. The molecule has 4 nitrogen and oxygen atoms in total. The molecule has 0 aromatic heterocycles. The van der Waals surface area contributed by atoms with Crippen LogP contribution in [0.15, 0.2) is 18.2 Å². The van der Waals surface area contributed by atoms with Crippen LogP contribution in [0.2, 0.25) is 0 Å². The van der Waals surface area contributed by atoms with Gasteiger partial charge in [-0.15, -0.1) is 0 Å². The molecule has 0 radical (unpaired) electrons. The van der Waals surface area contributed by atoms with Crippen molar-refractivity contribution in [3.05, 3.63) is 23.8 Å². The molecule has 0 bridgehead atoms. The Morgan fingerprint density at radius 3 is 2.60 bits per heavy atom. The van der Waals surface area contributed by atoms with E-state index in [9.17, 15) is 4.79 Å². The Balaban J connectivity index is 3.28. The molecule has 0 unspecified atom stereocenters. The van der Waals surface area contributed by atoms with Gasteiger partial charge in [0.1, 0.15) is 5.56 Å². The minimum Gasteiger partial charge on any atom is -0.491 e. The highest BCUT2D eigenvalue weighted by atomic mass is 16.5. The molecule has 0 aliphatic rings. The Labute approximate surface area is 89.1 Å². The summed E-state index contributed by atoms with van der Waals surface area (Å²) in [4.78, 5) is 12.8.